The number of hydrogen-bond donors (Lipinski definition) is 3. The molecule has 0 aliphatic carbocycles. The van der Waals surface area contributed by atoms with Gasteiger partial charge in [0.05, 0.1) is 25.2 Å². The van der Waals surface area contributed by atoms with E-state index in [1.165, 1.54) is 96.3 Å². The molecule has 0 radical (unpaired) electrons. The second-order valence-corrected chi connectivity index (χ2v) is 16.9. The fourth-order valence-corrected chi connectivity index (χ4v) is 7.36. The van der Waals surface area contributed by atoms with E-state index in [0.717, 1.165) is 89.9 Å². The average molecular weight is 838 g/mol. The second-order valence-electron chi connectivity index (χ2n) is 16.9. The number of nitrogens with one attached hydrogen (secondary N) is 1. The number of amides is 1. The monoisotopic (exact) mass is 838 g/mol. The van der Waals surface area contributed by atoms with Crippen molar-refractivity contribution in [3.63, 3.8) is 0 Å². The van der Waals surface area contributed by atoms with Gasteiger partial charge in [-0.2, -0.15) is 0 Å². The van der Waals surface area contributed by atoms with Gasteiger partial charge in [-0.05, 0) is 70.6 Å². The predicted molar refractivity (Wildman–Crippen MR) is 259 cm³/mol. The molecule has 3 atom stereocenters. The van der Waals surface area contributed by atoms with E-state index in [4.69, 9.17) is 4.74 Å². The molecule has 0 heterocycles. The highest BCUT2D eigenvalue weighted by Gasteiger charge is 2.24. The van der Waals surface area contributed by atoms with Crippen molar-refractivity contribution in [3.8, 4) is 0 Å². The Kier molecular flexibility index (Phi) is 45.2. The van der Waals surface area contributed by atoms with Crippen LogP contribution >= 0.6 is 0 Å². The van der Waals surface area contributed by atoms with Gasteiger partial charge in [-0.15, -0.1) is 0 Å². The minimum atomic E-state index is -0.802. The van der Waals surface area contributed by atoms with Crippen molar-refractivity contribution in [2.45, 2.75) is 251 Å². The molecule has 0 rings (SSSR count). The predicted octanol–water partition coefficient (Wildman–Crippen LogP) is 15.0. The van der Waals surface area contributed by atoms with E-state index in [1.54, 1.807) is 0 Å². The highest BCUT2D eigenvalue weighted by Crippen LogP contribution is 2.17. The molecule has 346 valence electrons. The van der Waals surface area contributed by atoms with Gasteiger partial charge in [-0.1, -0.05) is 222 Å². The topological polar surface area (TPSA) is 95.9 Å². The van der Waals surface area contributed by atoms with Gasteiger partial charge < -0.3 is 20.3 Å². The van der Waals surface area contributed by atoms with E-state index in [0.29, 0.717) is 19.3 Å². The molecule has 0 fully saturated rings. The van der Waals surface area contributed by atoms with Crippen LogP contribution in [0.25, 0.3) is 0 Å². The SMILES string of the molecule is CC/C=C/C=C/C=C/C=C\CCCCCC(CC(=O)NC(CO)C(O)CCCCCCCCCCCCCCCC)OC(=O)CCCCCCCCC/C=C/C/C=C/CC. The molecule has 0 aliphatic heterocycles. The van der Waals surface area contributed by atoms with E-state index in [9.17, 15) is 19.8 Å². The number of aliphatic hydroxyl groups excluding tert-OH is 2. The Hall–Kier alpha value is -2.70. The Balaban J connectivity index is 4.63. The van der Waals surface area contributed by atoms with Crippen molar-refractivity contribution >= 4 is 11.9 Å². The number of carbonyl (C=O) groups excluding carboxylic acids is 2. The van der Waals surface area contributed by atoms with E-state index < -0.39 is 18.2 Å². The van der Waals surface area contributed by atoms with Gasteiger partial charge in [0.15, 0.2) is 0 Å². The zero-order valence-corrected chi connectivity index (χ0v) is 39.3. The fourth-order valence-electron chi connectivity index (χ4n) is 7.36. The molecule has 0 bridgehead atoms. The maximum atomic E-state index is 13.2. The van der Waals surface area contributed by atoms with Crippen molar-refractivity contribution in [1.29, 1.82) is 0 Å². The van der Waals surface area contributed by atoms with Gasteiger partial charge >= 0.3 is 5.97 Å². The van der Waals surface area contributed by atoms with Crippen LogP contribution in [0.4, 0.5) is 0 Å². The van der Waals surface area contributed by atoms with E-state index in [2.05, 4.69) is 74.7 Å². The van der Waals surface area contributed by atoms with Gasteiger partial charge in [0, 0.05) is 6.42 Å². The van der Waals surface area contributed by atoms with Crippen molar-refractivity contribution < 1.29 is 24.5 Å². The Morgan fingerprint density at radius 1 is 0.517 bits per heavy atom. The highest BCUT2D eigenvalue weighted by atomic mass is 16.5. The van der Waals surface area contributed by atoms with Gasteiger partial charge in [-0.3, -0.25) is 9.59 Å². The number of allylic oxidation sites excluding steroid dienone is 12. The van der Waals surface area contributed by atoms with Crippen LogP contribution in [0, 0.1) is 0 Å². The quantitative estimate of drug-likeness (QED) is 0.0246. The molecule has 0 saturated heterocycles. The molecule has 0 saturated carbocycles. The van der Waals surface area contributed by atoms with Crippen molar-refractivity contribution in [3.05, 3.63) is 72.9 Å². The largest absolute Gasteiger partial charge is 0.462 e. The average Bonchev–Trinajstić information content (AvgIpc) is 3.24. The number of rotatable bonds is 44. The summed E-state index contributed by atoms with van der Waals surface area (Å²) >= 11 is 0. The Labute approximate surface area is 371 Å². The van der Waals surface area contributed by atoms with Crippen LogP contribution in [0.1, 0.15) is 233 Å². The Morgan fingerprint density at radius 3 is 1.57 bits per heavy atom. The van der Waals surface area contributed by atoms with Crippen molar-refractivity contribution in [2.24, 2.45) is 0 Å². The van der Waals surface area contributed by atoms with Crippen LogP contribution in [0.5, 0.6) is 0 Å². The van der Waals surface area contributed by atoms with Crippen LogP contribution in [-0.2, 0) is 14.3 Å². The molecule has 0 spiro atoms. The first-order chi connectivity index (χ1) is 29.5. The highest BCUT2D eigenvalue weighted by molar-refractivity contribution is 5.77. The van der Waals surface area contributed by atoms with Crippen LogP contribution in [-0.4, -0.2) is 46.9 Å². The first-order valence-corrected chi connectivity index (χ1v) is 25.2. The third-order valence-electron chi connectivity index (χ3n) is 11.1. The lowest BCUT2D eigenvalue weighted by Crippen LogP contribution is -2.46. The zero-order valence-electron chi connectivity index (χ0n) is 39.3. The van der Waals surface area contributed by atoms with Gasteiger partial charge in [0.2, 0.25) is 5.91 Å². The van der Waals surface area contributed by atoms with Crippen molar-refractivity contribution in [2.75, 3.05) is 6.61 Å². The van der Waals surface area contributed by atoms with Gasteiger partial charge in [0.25, 0.3) is 0 Å². The summed E-state index contributed by atoms with van der Waals surface area (Å²) in [5.74, 6) is -0.525. The van der Waals surface area contributed by atoms with E-state index in [1.807, 2.05) is 24.3 Å². The second kappa shape index (κ2) is 47.4. The number of hydrogen-bond acceptors (Lipinski definition) is 5. The molecule has 0 aromatic heterocycles. The Morgan fingerprint density at radius 2 is 0.983 bits per heavy atom. The molecule has 0 aromatic carbocycles. The normalized spacial score (nSPS) is 13.9. The first kappa shape index (κ1) is 57.3. The number of aliphatic hydroxyl groups is 2. The summed E-state index contributed by atoms with van der Waals surface area (Å²) in [5.41, 5.74) is 0. The molecule has 60 heavy (non-hydrogen) atoms. The summed E-state index contributed by atoms with van der Waals surface area (Å²) in [7, 11) is 0. The minimum absolute atomic E-state index is 0.0457. The molecule has 3 N–H and O–H groups in total. The van der Waals surface area contributed by atoms with Gasteiger partial charge in [0.1, 0.15) is 6.10 Å². The standard InChI is InChI=1S/C54H95NO5/c1-4-7-10-13-16-19-22-25-28-31-34-37-40-43-46-52(57)51(49-56)55-53(58)48-50(45-42-39-36-33-30-27-24-21-18-15-12-9-6-3)60-54(59)47-44-41-38-35-32-29-26-23-20-17-14-11-8-5-2/h8-9,11-12,15,17-18,20-21,24,27,30,50-52,56-57H,4-7,10,13-14,16,19,22-23,25-26,28-29,31-49H2,1-3H3,(H,55,58)/b11-8+,12-9+,18-15+,20-17+,24-21+,30-27-. The summed E-state index contributed by atoms with van der Waals surface area (Å²) in [5, 5.41) is 23.7. The zero-order chi connectivity index (χ0) is 43.8. The lowest BCUT2D eigenvalue weighted by Gasteiger charge is -2.24. The summed E-state index contributed by atoms with van der Waals surface area (Å²) < 4.78 is 5.90. The summed E-state index contributed by atoms with van der Waals surface area (Å²) in [6.07, 6.45) is 59.6. The Bertz CT molecular complexity index is 1120. The lowest BCUT2D eigenvalue weighted by molar-refractivity contribution is -0.151. The van der Waals surface area contributed by atoms with E-state index >= 15 is 0 Å². The van der Waals surface area contributed by atoms with Crippen LogP contribution in [0.2, 0.25) is 0 Å². The molecular weight excluding hydrogens is 743 g/mol. The van der Waals surface area contributed by atoms with Crippen LogP contribution < -0.4 is 5.32 Å². The molecule has 0 aromatic rings. The molecule has 1 amide bonds. The fraction of sp³-hybridized carbons (Fsp3) is 0.741. The molecule has 6 nitrogen and oxygen atoms in total. The van der Waals surface area contributed by atoms with Gasteiger partial charge in [-0.25, -0.2) is 0 Å². The maximum Gasteiger partial charge on any atom is 0.306 e. The maximum absolute atomic E-state index is 13.2. The third kappa shape index (κ3) is 42.0. The molecule has 6 heteroatoms. The minimum Gasteiger partial charge on any atom is -0.462 e. The summed E-state index contributed by atoms with van der Waals surface area (Å²) in [4.78, 5) is 26.1. The molecule has 0 aliphatic rings. The first-order valence-electron chi connectivity index (χ1n) is 25.2. The number of unbranched alkanes of at least 4 members (excludes halogenated alkanes) is 23. The van der Waals surface area contributed by atoms with E-state index in [-0.39, 0.29) is 24.9 Å². The lowest BCUT2D eigenvalue weighted by atomic mass is 10.0. The van der Waals surface area contributed by atoms with Crippen LogP contribution in [0.3, 0.4) is 0 Å². The van der Waals surface area contributed by atoms with Crippen LogP contribution in [0.15, 0.2) is 72.9 Å². The smallest absolute Gasteiger partial charge is 0.306 e. The van der Waals surface area contributed by atoms with Crippen molar-refractivity contribution in [1.82, 2.24) is 5.32 Å². The summed E-state index contributed by atoms with van der Waals surface area (Å²) in [6.45, 7) is 6.22. The number of ether oxygens (including phenoxy) is 1. The molecule has 3 unspecified atom stereocenters. The summed E-state index contributed by atoms with van der Waals surface area (Å²) in [6, 6.07) is -0.718. The molecular formula is C54H95NO5. The third-order valence-corrected chi connectivity index (χ3v) is 11.1. The number of esters is 1. The number of carbonyl (C=O) groups is 2.